The van der Waals surface area contributed by atoms with E-state index in [1.807, 2.05) is 26.0 Å². The van der Waals surface area contributed by atoms with Crippen molar-refractivity contribution in [3.05, 3.63) is 24.3 Å². The molecule has 1 heterocycles. The summed E-state index contributed by atoms with van der Waals surface area (Å²) >= 11 is 0. The largest absolute Gasteiger partial charge is 0.384 e. The van der Waals surface area contributed by atoms with E-state index in [9.17, 15) is 8.42 Å². The van der Waals surface area contributed by atoms with Gasteiger partial charge in [0, 0.05) is 19.1 Å². The lowest BCUT2D eigenvalue weighted by atomic mass is 10.1. The van der Waals surface area contributed by atoms with Crippen molar-refractivity contribution < 1.29 is 8.42 Å². The van der Waals surface area contributed by atoms with Crippen molar-refractivity contribution >= 4 is 15.7 Å². The summed E-state index contributed by atoms with van der Waals surface area (Å²) in [4.78, 5) is 0.387. The molecule has 2 rings (SSSR count). The van der Waals surface area contributed by atoms with Crippen LogP contribution in [0.25, 0.3) is 0 Å². The molecule has 2 unspecified atom stereocenters. The van der Waals surface area contributed by atoms with Crippen LogP contribution in [0.15, 0.2) is 29.2 Å². The third-order valence-corrected chi connectivity index (χ3v) is 5.61. The first-order valence-corrected chi connectivity index (χ1v) is 8.25. The number of rotatable bonds is 4. The van der Waals surface area contributed by atoms with E-state index in [0.717, 1.165) is 6.42 Å². The minimum Gasteiger partial charge on any atom is -0.384 e. The van der Waals surface area contributed by atoms with Crippen LogP contribution in [0.2, 0.25) is 0 Å². The molecule has 4 nitrogen and oxygen atoms in total. The zero-order valence-corrected chi connectivity index (χ0v) is 12.6. The molecule has 0 aliphatic carbocycles. The molecular weight excluding hydrogens is 260 g/mol. The van der Waals surface area contributed by atoms with Crippen molar-refractivity contribution in [2.75, 3.05) is 18.4 Å². The van der Waals surface area contributed by atoms with Crippen LogP contribution in [0.5, 0.6) is 0 Å². The highest BCUT2D eigenvalue weighted by atomic mass is 32.2. The standard InChI is InChI=1S/C14H22N2O2S/c1-4-15-13-7-5-6-8-14(13)19(17,18)16-10-11(2)9-12(16)3/h5-8,11-12,15H,4,9-10H2,1-3H3. The summed E-state index contributed by atoms with van der Waals surface area (Å²) in [5, 5.41) is 3.13. The van der Waals surface area contributed by atoms with Gasteiger partial charge in [-0.15, -0.1) is 0 Å². The number of anilines is 1. The first kappa shape index (κ1) is 14.3. The molecule has 1 aliphatic heterocycles. The van der Waals surface area contributed by atoms with Crippen molar-refractivity contribution in [2.24, 2.45) is 5.92 Å². The number of hydrogen-bond donors (Lipinski definition) is 1. The topological polar surface area (TPSA) is 49.4 Å². The fourth-order valence-corrected chi connectivity index (χ4v) is 4.68. The van der Waals surface area contributed by atoms with Gasteiger partial charge in [-0.3, -0.25) is 0 Å². The van der Waals surface area contributed by atoms with Crippen molar-refractivity contribution in [1.82, 2.24) is 4.31 Å². The first-order chi connectivity index (χ1) is 8.96. The fourth-order valence-electron chi connectivity index (χ4n) is 2.75. The summed E-state index contributed by atoms with van der Waals surface area (Å²) in [7, 11) is -3.40. The highest BCUT2D eigenvalue weighted by Gasteiger charge is 2.36. The molecule has 19 heavy (non-hydrogen) atoms. The smallest absolute Gasteiger partial charge is 0.245 e. The van der Waals surface area contributed by atoms with E-state index in [-0.39, 0.29) is 6.04 Å². The molecule has 1 fully saturated rings. The molecule has 106 valence electrons. The second-order valence-electron chi connectivity index (χ2n) is 5.29. The molecule has 1 saturated heterocycles. The van der Waals surface area contributed by atoms with E-state index in [1.54, 1.807) is 16.4 Å². The van der Waals surface area contributed by atoms with Gasteiger partial charge in [-0.25, -0.2) is 8.42 Å². The zero-order chi connectivity index (χ0) is 14.0. The van der Waals surface area contributed by atoms with Crippen molar-refractivity contribution in [3.63, 3.8) is 0 Å². The van der Waals surface area contributed by atoms with Crippen LogP contribution in [0, 0.1) is 5.92 Å². The van der Waals surface area contributed by atoms with Gasteiger partial charge in [0.1, 0.15) is 4.90 Å². The van der Waals surface area contributed by atoms with Gasteiger partial charge in [0.15, 0.2) is 0 Å². The number of para-hydroxylation sites is 1. The number of benzene rings is 1. The van der Waals surface area contributed by atoms with E-state index >= 15 is 0 Å². The highest BCUT2D eigenvalue weighted by molar-refractivity contribution is 7.89. The Morgan fingerprint density at radius 1 is 1.32 bits per heavy atom. The predicted molar refractivity (Wildman–Crippen MR) is 77.7 cm³/mol. The maximum absolute atomic E-state index is 12.8. The Bertz CT molecular complexity index is 542. The Morgan fingerprint density at radius 3 is 2.58 bits per heavy atom. The molecule has 0 amide bonds. The highest BCUT2D eigenvalue weighted by Crippen LogP contribution is 2.32. The van der Waals surface area contributed by atoms with Gasteiger partial charge < -0.3 is 5.32 Å². The maximum atomic E-state index is 12.8. The van der Waals surface area contributed by atoms with Gasteiger partial charge >= 0.3 is 0 Å². The Morgan fingerprint density at radius 2 is 2.00 bits per heavy atom. The van der Waals surface area contributed by atoms with Gasteiger partial charge in [0.2, 0.25) is 10.0 Å². The number of sulfonamides is 1. The van der Waals surface area contributed by atoms with Crippen LogP contribution in [0.3, 0.4) is 0 Å². The van der Waals surface area contributed by atoms with E-state index in [2.05, 4.69) is 12.2 Å². The van der Waals surface area contributed by atoms with E-state index in [4.69, 9.17) is 0 Å². The van der Waals surface area contributed by atoms with Crippen molar-refractivity contribution in [3.8, 4) is 0 Å². The minimum atomic E-state index is -3.40. The van der Waals surface area contributed by atoms with Gasteiger partial charge in [-0.2, -0.15) is 4.31 Å². The Hall–Kier alpha value is -1.07. The third-order valence-electron chi connectivity index (χ3n) is 3.57. The summed E-state index contributed by atoms with van der Waals surface area (Å²) in [5.74, 6) is 0.427. The Balaban J connectivity index is 2.40. The normalized spacial score (nSPS) is 24.6. The summed E-state index contributed by atoms with van der Waals surface area (Å²) in [6.07, 6.45) is 0.933. The van der Waals surface area contributed by atoms with E-state index in [0.29, 0.717) is 29.6 Å². The van der Waals surface area contributed by atoms with Gasteiger partial charge in [-0.1, -0.05) is 19.1 Å². The summed E-state index contributed by atoms with van der Waals surface area (Å²) in [6, 6.07) is 7.21. The molecule has 1 N–H and O–H groups in total. The quantitative estimate of drug-likeness (QED) is 0.923. The lowest BCUT2D eigenvalue weighted by Crippen LogP contribution is -2.34. The molecule has 0 saturated carbocycles. The van der Waals surface area contributed by atoms with E-state index in [1.165, 1.54) is 0 Å². The Kier molecular flexibility index (Phi) is 4.16. The molecular formula is C14H22N2O2S. The van der Waals surface area contributed by atoms with Gasteiger partial charge in [0.05, 0.1) is 5.69 Å². The van der Waals surface area contributed by atoms with Gasteiger partial charge in [0.25, 0.3) is 0 Å². The number of hydrogen-bond acceptors (Lipinski definition) is 3. The second kappa shape index (κ2) is 5.51. The predicted octanol–water partition coefficient (Wildman–Crippen LogP) is 2.54. The molecule has 0 bridgehead atoms. The van der Waals surface area contributed by atoms with E-state index < -0.39 is 10.0 Å². The van der Waals surface area contributed by atoms with Crippen molar-refractivity contribution in [1.29, 1.82) is 0 Å². The average Bonchev–Trinajstić information content (AvgIpc) is 2.70. The van der Waals surface area contributed by atoms with Crippen LogP contribution < -0.4 is 5.32 Å². The Labute approximate surface area is 115 Å². The number of nitrogens with zero attached hydrogens (tertiary/aromatic N) is 1. The summed E-state index contributed by atoms with van der Waals surface area (Å²) in [6.45, 7) is 7.37. The third kappa shape index (κ3) is 2.77. The molecule has 0 aromatic heterocycles. The summed E-state index contributed by atoms with van der Waals surface area (Å²) in [5.41, 5.74) is 0.691. The molecule has 1 aromatic carbocycles. The maximum Gasteiger partial charge on any atom is 0.245 e. The molecule has 5 heteroatoms. The SMILES string of the molecule is CCNc1ccccc1S(=O)(=O)N1CC(C)CC1C. The lowest BCUT2D eigenvalue weighted by Gasteiger charge is -2.22. The van der Waals surface area contributed by atoms with Gasteiger partial charge in [-0.05, 0) is 38.3 Å². The molecule has 1 aliphatic rings. The average molecular weight is 282 g/mol. The molecule has 0 spiro atoms. The molecule has 2 atom stereocenters. The minimum absolute atomic E-state index is 0.0784. The van der Waals surface area contributed by atoms with Crippen molar-refractivity contribution in [2.45, 2.75) is 38.1 Å². The number of nitrogens with one attached hydrogen (secondary N) is 1. The molecule has 0 radical (unpaired) electrons. The lowest BCUT2D eigenvalue weighted by molar-refractivity contribution is 0.406. The first-order valence-electron chi connectivity index (χ1n) is 6.81. The van der Waals surface area contributed by atoms with Crippen LogP contribution in [0.4, 0.5) is 5.69 Å². The zero-order valence-electron chi connectivity index (χ0n) is 11.8. The molecule has 1 aromatic rings. The van der Waals surface area contributed by atoms with Crippen LogP contribution in [-0.2, 0) is 10.0 Å². The second-order valence-corrected chi connectivity index (χ2v) is 7.15. The van der Waals surface area contributed by atoms with Crippen LogP contribution in [-0.4, -0.2) is 31.9 Å². The fraction of sp³-hybridized carbons (Fsp3) is 0.571. The summed E-state index contributed by atoms with van der Waals surface area (Å²) < 4.78 is 27.2. The van der Waals surface area contributed by atoms with Crippen LogP contribution in [0.1, 0.15) is 27.2 Å². The monoisotopic (exact) mass is 282 g/mol. The van der Waals surface area contributed by atoms with Crippen LogP contribution >= 0.6 is 0 Å².